The Hall–Kier alpha value is -2.65. The molecule has 1 aromatic carbocycles. The lowest BCUT2D eigenvalue weighted by Gasteiger charge is -2.43. The van der Waals surface area contributed by atoms with E-state index in [2.05, 4.69) is 9.97 Å². The molecule has 1 aliphatic rings. The minimum atomic E-state index is -2.01. The molecule has 0 bridgehead atoms. The second-order valence-electron chi connectivity index (χ2n) is 8.49. The molecule has 0 radical (unpaired) electrons. The van der Waals surface area contributed by atoms with Crippen molar-refractivity contribution in [2.75, 3.05) is 19.8 Å². The lowest BCUT2D eigenvalue weighted by molar-refractivity contribution is 0.0160. The Bertz CT molecular complexity index is 1120. The van der Waals surface area contributed by atoms with Crippen molar-refractivity contribution < 1.29 is 27.4 Å². The number of pyridine rings is 1. The van der Waals surface area contributed by atoms with E-state index in [0.717, 1.165) is 17.0 Å². The van der Waals surface area contributed by atoms with Crippen molar-refractivity contribution >= 4 is 10.9 Å². The molecule has 9 heteroatoms. The van der Waals surface area contributed by atoms with E-state index >= 15 is 8.78 Å². The van der Waals surface area contributed by atoms with Crippen LogP contribution >= 0.6 is 0 Å². The Balaban J connectivity index is 1.94. The molecule has 32 heavy (non-hydrogen) atoms. The van der Waals surface area contributed by atoms with Gasteiger partial charge in [0.15, 0.2) is 0 Å². The molecule has 3 heterocycles. The number of aromatic nitrogens is 2. The molecule has 172 valence electrons. The third-order valence-electron chi connectivity index (χ3n) is 5.92. The van der Waals surface area contributed by atoms with Crippen LogP contribution in [0.4, 0.5) is 17.6 Å². The monoisotopic (exact) mass is 451 g/mol. The number of alkyl halides is 1. The normalized spacial score (nSPS) is 20.9. The Morgan fingerprint density at radius 3 is 2.69 bits per heavy atom. The number of H-pyrrole nitrogens is 1. The van der Waals surface area contributed by atoms with Gasteiger partial charge < -0.3 is 14.8 Å². The maximum atomic E-state index is 15.2. The second kappa shape index (κ2) is 8.37. The van der Waals surface area contributed by atoms with E-state index in [1.165, 1.54) is 19.1 Å². The lowest BCUT2D eigenvalue weighted by atomic mass is 9.87. The van der Waals surface area contributed by atoms with Crippen molar-refractivity contribution in [1.82, 2.24) is 14.9 Å². The quantitative estimate of drug-likeness (QED) is 0.430. The van der Waals surface area contributed by atoms with E-state index in [9.17, 15) is 13.9 Å². The number of hydrogen-bond acceptors (Lipinski definition) is 4. The minimum absolute atomic E-state index is 0.187. The number of rotatable bonds is 6. The lowest BCUT2D eigenvalue weighted by Crippen LogP contribution is -2.50. The zero-order chi connectivity index (χ0) is 23.2. The number of benzene rings is 1. The Kier molecular flexibility index (Phi) is 5.89. The van der Waals surface area contributed by atoms with Gasteiger partial charge in [-0.05, 0) is 51.0 Å². The summed E-state index contributed by atoms with van der Waals surface area (Å²) >= 11 is 0. The van der Waals surface area contributed by atoms with Gasteiger partial charge in [-0.2, -0.15) is 9.37 Å². The van der Waals surface area contributed by atoms with Gasteiger partial charge in [0.05, 0.1) is 24.8 Å². The first kappa shape index (κ1) is 22.5. The molecule has 0 spiro atoms. The molecule has 2 aromatic heterocycles. The summed E-state index contributed by atoms with van der Waals surface area (Å²) < 4.78 is 64.3. The van der Waals surface area contributed by atoms with E-state index in [1.54, 1.807) is 17.9 Å². The molecule has 5 nitrogen and oxygen atoms in total. The van der Waals surface area contributed by atoms with Crippen molar-refractivity contribution in [3.05, 3.63) is 58.7 Å². The van der Waals surface area contributed by atoms with E-state index in [1.807, 2.05) is 6.92 Å². The molecule has 0 fully saturated rings. The van der Waals surface area contributed by atoms with Crippen LogP contribution in [0, 0.1) is 17.6 Å². The van der Waals surface area contributed by atoms with Gasteiger partial charge in [0, 0.05) is 35.2 Å². The van der Waals surface area contributed by atoms with Crippen LogP contribution in [0.15, 0.2) is 24.3 Å². The average molecular weight is 451 g/mol. The van der Waals surface area contributed by atoms with Crippen molar-refractivity contribution in [1.29, 1.82) is 0 Å². The first-order valence-corrected chi connectivity index (χ1v) is 10.5. The van der Waals surface area contributed by atoms with Crippen LogP contribution in [0.3, 0.4) is 0 Å². The highest BCUT2D eigenvalue weighted by Gasteiger charge is 2.42. The number of fused-ring (bicyclic) bond motifs is 3. The van der Waals surface area contributed by atoms with E-state index in [-0.39, 0.29) is 30.6 Å². The van der Waals surface area contributed by atoms with Gasteiger partial charge >= 0.3 is 0 Å². The summed E-state index contributed by atoms with van der Waals surface area (Å²) in [6, 6.07) is 3.87. The molecule has 3 unspecified atom stereocenters. The summed E-state index contributed by atoms with van der Waals surface area (Å²) in [5, 5.41) is 10.2. The van der Waals surface area contributed by atoms with Crippen LogP contribution in [0.2, 0.25) is 0 Å². The van der Waals surface area contributed by atoms with E-state index in [0.29, 0.717) is 17.6 Å². The summed E-state index contributed by atoms with van der Waals surface area (Å²) in [6.07, 6.45) is 0.451. The topological polar surface area (TPSA) is 61.4 Å². The highest BCUT2D eigenvalue weighted by Crippen LogP contribution is 2.43. The molecule has 0 saturated carbocycles. The molecule has 4 rings (SSSR count). The minimum Gasteiger partial charge on any atom is -0.478 e. The Labute approximate surface area is 183 Å². The van der Waals surface area contributed by atoms with Crippen LogP contribution in [0.5, 0.6) is 5.88 Å². The van der Waals surface area contributed by atoms with Crippen LogP contribution in [0.1, 0.15) is 43.6 Å². The van der Waals surface area contributed by atoms with Gasteiger partial charge in [0.25, 0.3) is 0 Å². The molecule has 1 aliphatic heterocycles. The molecule has 3 atom stereocenters. The van der Waals surface area contributed by atoms with Gasteiger partial charge in [-0.25, -0.2) is 13.2 Å². The molecule has 3 aromatic rings. The number of nitrogens with zero attached hydrogens (tertiary/aromatic N) is 2. The van der Waals surface area contributed by atoms with Crippen LogP contribution in [0.25, 0.3) is 10.9 Å². The van der Waals surface area contributed by atoms with Crippen LogP contribution in [-0.4, -0.2) is 51.4 Å². The summed E-state index contributed by atoms with van der Waals surface area (Å²) in [6.45, 7) is 3.89. The Morgan fingerprint density at radius 2 is 2.03 bits per heavy atom. The molecule has 0 aliphatic carbocycles. The van der Waals surface area contributed by atoms with Crippen molar-refractivity contribution in [2.24, 2.45) is 0 Å². The smallest absolute Gasteiger partial charge is 0.224 e. The average Bonchev–Trinajstić information content (AvgIpc) is 3.06. The fourth-order valence-electron chi connectivity index (χ4n) is 4.46. The van der Waals surface area contributed by atoms with Crippen molar-refractivity contribution in [3.63, 3.8) is 0 Å². The number of halogens is 4. The van der Waals surface area contributed by atoms with E-state index < -0.39 is 35.9 Å². The number of nitrogens with one attached hydrogen (secondary N) is 1. The highest BCUT2D eigenvalue weighted by molar-refractivity contribution is 5.85. The molecular formula is C23H25F4N3O2. The molecular weight excluding hydrogens is 426 g/mol. The molecule has 0 saturated heterocycles. The fraction of sp³-hybridized carbons (Fsp3) is 0.435. The van der Waals surface area contributed by atoms with Crippen LogP contribution in [-0.2, 0) is 6.42 Å². The third kappa shape index (κ3) is 3.95. The summed E-state index contributed by atoms with van der Waals surface area (Å²) in [5.41, 5.74) is -0.651. The third-order valence-corrected chi connectivity index (χ3v) is 5.92. The largest absolute Gasteiger partial charge is 0.478 e. The zero-order valence-electron chi connectivity index (χ0n) is 18.1. The predicted molar refractivity (Wildman–Crippen MR) is 112 cm³/mol. The number of aliphatic hydroxyl groups excluding tert-OH is 1. The van der Waals surface area contributed by atoms with Crippen molar-refractivity contribution in [2.45, 2.75) is 44.9 Å². The highest BCUT2D eigenvalue weighted by atomic mass is 19.1. The summed E-state index contributed by atoms with van der Waals surface area (Å²) in [4.78, 5) is 8.44. The van der Waals surface area contributed by atoms with E-state index in [4.69, 9.17) is 4.74 Å². The Morgan fingerprint density at radius 1 is 1.28 bits per heavy atom. The van der Waals surface area contributed by atoms with Gasteiger partial charge in [0.1, 0.15) is 17.3 Å². The molecule has 2 N–H and O–H groups in total. The maximum absolute atomic E-state index is 15.2. The zero-order valence-corrected chi connectivity index (χ0v) is 18.1. The standard InChI is InChI=1S/C23H25F4N3O2/c1-4-32-18-9-16(25)19(22(26)29-18)21-20-15(14-6-5-13(24)8-17(14)28-20)7-12(2)30(21)10-23(3,27)11-31/h5-6,8-9,12,21,28,31H,4,7,10-11H2,1-3H3. The van der Waals surface area contributed by atoms with Crippen molar-refractivity contribution in [3.8, 4) is 5.88 Å². The summed E-state index contributed by atoms with van der Waals surface area (Å²) in [7, 11) is 0. The molecule has 0 amide bonds. The van der Waals surface area contributed by atoms with Gasteiger partial charge in [-0.1, -0.05) is 0 Å². The SMILES string of the molecule is CCOc1cc(F)c(C2c3[nH]c4cc(F)ccc4c3CC(C)N2CC(C)(F)CO)c(F)n1. The number of hydrogen-bond donors (Lipinski definition) is 2. The van der Waals surface area contributed by atoms with Gasteiger partial charge in [0.2, 0.25) is 11.8 Å². The number of aliphatic hydroxyl groups is 1. The maximum Gasteiger partial charge on any atom is 0.224 e. The van der Waals surface area contributed by atoms with Gasteiger partial charge in [-0.15, -0.1) is 0 Å². The van der Waals surface area contributed by atoms with Crippen LogP contribution < -0.4 is 4.74 Å². The number of ether oxygens (including phenoxy) is 1. The number of aromatic amines is 1. The first-order chi connectivity index (χ1) is 15.1. The first-order valence-electron chi connectivity index (χ1n) is 10.5. The summed E-state index contributed by atoms with van der Waals surface area (Å²) in [5.74, 6) is -2.59. The predicted octanol–water partition coefficient (Wildman–Crippen LogP) is 4.44. The fourth-order valence-corrected chi connectivity index (χ4v) is 4.46. The second-order valence-corrected chi connectivity index (χ2v) is 8.49. The van der Waals surface area contributed by atoms with Gasteiger partial charge in [-0.3, -0.25) is 4.90 Å².